The van der Waals surface area contributed by atoms with Gasteiger partial charge in [0.05, 0.1) is 17.2 Å². The Kier molecular flexibility index (Phi) is 4.12. The molecule has 94 valence electrons. The van der Waals surface area contributed by atoms with Crippen molar-refractivity contribution in [3.05, 3.63) is 10.6 Å². The van der Waals surface area contributed by atoms with Crippen LogP contribution in [0.1, 0.15) is 41.0 Å². The molecule has 0 atom stereocenters. The Morgan fingerprint density at radius 1 is 1.53 bits per heavy atom. The number of anilines is 1. The molecule has 1 saturated carbocycles. The molecule has 0 unspecified atom stereocenters. The van der Waals surface area contributed by atoms with Crippen LogP contribution in [0.4, 0.5) is 5.13 Å². The van der Waals surface area contributed by atoms with Crippen molar-refractivity contribution in [2.45, 2.75) is 38.3 Å². The minimum atomic E-state index is 0.406. The van der Waals surface area contributed by atoms with E-state index in [9.17, 15) is 4.79 Å². The standard InChI is InChI=1S/C12H18N2O2S/c1-14(9-5-3-4-6-9)12-13-10(8-16-2)11(7-15)17-12/h7,9H,3-6,8H2,1-2H3. The van der Waals surface area contributed by atoms with E-state index in [0.29, 0.717) is 17.5 Å². The second-order valence-corrected chi connectivity index (χ2v) is 5.42. The van der Waals surface area contributed by atoms with Crippen LogP contribution in [0.25, 0.3) is 0 Å². The second-order valence-electron chi connectivity index (χ2n) is 4.41. The normalized spacial score (nSPS) is 16.4. The third-order valence-corrected chi connectivity index (χ3v) is 4.39. The first-order valence-electron chi connectivity index (χ1n) is 5.93. The lowest BCUT2D eigenvalue weighted by molar-refractivity contribution is 0.112. The van der Waals surface area contributed by atoms with E-state index in [4.69, 9.17) is 4.74 Å². The minimum absolute atomic E-state index is 0.406. The van der Waals surface area contributed by atoms with Gasteiger partial charge in [-0.25, -0.2) is 4.98 Å². The summed E-state index contributed by atoms with van der Waals surface area (Å²) in [7, 11) is 3.69. The molecule has 1 fully saturated rings. The van der Waals surface area contributed by atoms with Gasteiger partial charge >= 0.3 is 0 Å². The van der Waals surface area contributed by atoms with Crippen molar-refractivity contribution < 1.29 is 9.53 Å². The van der Waals surface area contributed by atoms with Gasteiger partial charge in [0.25, 0.3) is 0 Å². The molecule has 0 bridgehead atoms. The second kappa shape index (κ2) is 5.60. The van der Waals surface area contributed by atoms with Crippen LogP contribution in [0.15, 0.2) is 0 Å². The van der Waals surface area contributed by atoms with Crippen LogP contribution in [0, 0.1) is 0 Å². The Balaban J connectivity index is 2.16. The van der Waals surface area contributed by atoms with Gasteiger partial charge in [0.1, 0.15) is 0 Å². The molecule has 0 spiro atoms. The van der Waals surface area contributed by atoms with Crippen LogP contribution in [0.3, 0.4) is 0 Å². The predicted molar refractivity (Wildman–Crippen MR) is 68.9 cm³/mol. The highest BCUT2D eigenvalue weighted by molar-refractivity contribution is 7.17. The topological polar surface area (TPSA) is 42.4 Å². The molecule has 1 aliphatic rings. The fourth-order valence-electron chi connectivity index (χ4n) is 2.28. The number of carbonyl (C=O) groups is 1. The lowest BCUT2D eigenvalue weighted by atomic mass is 10.2. The number of rotatable bonds is 5. The van der Waals surface area contributed by atoms with E-state index < -0.39 is 0 Å². The van der Waals surface area contributed by atoms with Crippen LogP contribution in [0.5, 0.6) is 0 Å². The van der Waals surface area contributed by atoms with E-state index in [1.54, 1.807) is 7.11 Å². The summed E-state index contributed by atoms with van der Waals surface area (Å²) >= 11 is 1.46. The summed E-state index contributed by atoms with van der Waals surface area (Å²) in [5.41, 5.74) is 0.757. The molecule has 1 aliphatic carbocycles. The summed E-state index contributed by atoms with van der Waals surface area (Å²) in [6.45, 7) is 0.406. The summed E-state index contributed by atoms with van der Waals surface area (Å²) in [5.74, 6) is 0. The fourth-order valence-corrected chi connectivity index (χ4v) is 3.20. The monoisotopic (exact) mass is 254 g/mol. The average molecular weight is 254 g/mol. The van der Waals surface area contributed by atoms with Gasteiger partial charge in [-0.1, -0.05) is 24.2 Å². The van der Waals surface area contributed by atoms with Crippen LogP contribution in [-0.4, -0.2) is 31.5 Å². The highest BCUT2D eigenvalue weighted by Gasteiger charge is 2.23. The van der Waals surface area contributed by atoms with Gasteiger partial charge in [0, 0.05) is 20.2 Å². The maximum atomic E-state index is 11.0. The van der Waals surface area contributed by atoms with Gasteiger partial charge in [0.2, 0.25) is 0 Å². The van der Waals surface area contributed by atoms with Crippen molar-refractivity contribution in [1.29, 1.82) is 0 Å². The Bertz CT molecular complexity index is 386. The maximum Gasteiger partial charge on any atom is 0.186 e. The lowest BCUT2D eigenvalue weighted by Crippen LogP contribution is -2.28. The molecule has 1 aromatic rings. The highest BCUT2D eigenvalue weighted by atomic mass is 32.1. The molecule has 5 heteroatoms. The minimum Gasteiger partial charge on any atom is -0.378 e. The van der Waals surface area contributed by atoms with Crippen LogP contribution < -0.4 is 4.90 Å². The molecule has 0 amide bonds. The summed E-state index contributed by atoms with van der Waals surface area (Å²) < 4.78 is 5.06. The smallest absolute Gasteiger partial charge is 0.186 e. The third kappa shape index (κ3) is 2.66. The summed E-state index contributed by atoms with van der Waals surface area (Å²) in [4.78, 5) is 18.4. The zero-order chi connectivity index (χ0) is 12.3. The van der Waals surface area contributed by atoms with Crippen molar-refractivity contribution in [2.24, 2.45) is 0 Å². The molecule has 2 rings (SSSR count). The quantitative estimate of drug-likeness (QED) is 0.757. The molecule has 0 saturated heterocycles. The van der Waals surface area contributed by atoms with Gasteiger partial charge in [-0.2, -0.15) is 0 Å². The maximum absolute atomic E-state index is 11.0. The number of carbonyl (C=O) groups excluding carboxylic acids is 1. The lowest BCUT2D eigenvalue weighted by Gasteiger charge is -2.23. The molecule has 0 radical (unpaired) electrons. The van der Waals surface area contributed by atoms with E-state index >= 15 is 0 Å². The number of hydrogen-bond acceptors (Lipinski definition) is 5. The number of ether oxygens (including phenoxy) is 1. The van der Waals surface area contributed by atoms with Crippen LogP contribution in [0.2, 0.25) is 0 Å². The van der Waals surface area contributed by atoms with Crippen LogP contribution in [-0.2, 0) is 11.3 Å². The van der Waals surface area contributed by atoms with Crippen molar-refractivity contribution >= 4 is 22.8 Å². The van der Waals surface area contributed by atoms with Gasteiger partial charge in [-0.15, -0.1) is 0 Å². The van der Waals surface area contributed by atoms with E-state index in [1.165, 1.54) is 37.0 Å². The molecular formula is C12H18N2O2S. The Morgan fingerprint density at radius 2 is 2.24 bits per heavy atom. The molecule has 17 heavy (non-hydrogen) atoms. The number of hydrogen-bond donors (Lipinski definition) is 0. The SMILES string of the molecule is COCc1nc(N(C)C2CCCC2)sc1C=O. The molecule has 1 heterocycles. The Morgan fingerprint density at radius 3 is 2.82 bits per heavy atom. The van der Waals surface area contributed by atoms with E-state index in [-0.39, 0.29) is 0 Å². The first-order chi connectivity index (χ1) is 8.26. The summed E-state index contributed by atoms with van der Waals surface area (Å²) in [5, 5.41) is 0.936. The van der Waals surface area contributed by atoms with Crippen LogP contribution >= 0.6 is 11.3 Å². The van der Waals surface area contributed by atoms with Gasteiger partial charge in [-0.05, 0) is 12.8 Å². The van der Waals surface area contributed by atoms with Crippen molar-refractivity contribution in [3.8, 4) is 0 Å². The number of nitrogens with zero attached hydrogens (tertiary/aromatic N) is 2. The van der Waals surface area contributed by atoms with E-state index in [0.717, 1.165) is 17.1 Å². The zero-order valence-electron chi connectivity index (χ0n) is 10.3. The first-order valence-corrected chi connectivity index (χ1v) is 6.74. The average Bonchev–Trinajstić information content (AvgIpc) is 2.97. The number of methoxy groups -OCH3 is 1. The molecule has 0 aliphatic heterocycles. The summed E-state index contributed by atoms with van der Waals surface area (Å²) in [6.07, 6.45) is 5.92. The zero-order valence-corrected chi connectivity index (χ0v) is 11.1. The van der Waals surface area contributed by atoms with Gasteiger partial charge in [0.15, 0.2) is 11.4 Å². The molecule has 0 N–H and O–H groups in total. The third-order valence-electron chi connectivity index (χ3n) is 3.28. The van der Waals surface area contributed by atoms with E-state index in [2.05, 4.69) is 16.9 Å². The molecular weight excluding hydrogens is 236 g/mol. The van der Waals surface area contributed by atoms with Crippen molar-refractivity contribution in [3.63, 3.8) is 0 Å². The predicted octanol–water partition coefficient (Wildman–Crippen LogP) is 2.48. The Labute approximate surface area is 106 Å². The molecule has 1 aromatic heterocycles. The van der Waals surface area contributed by atoms with Crippen molar-refractivity contribution in [1.82, 2.24) is 4.98 Å². The van der Waals surface area contributed by atoms with E-state index in [1.807, 2.05) is 0 Å². The molecule has 4 nitrogen and oxygen atoms in total. The molecule has 0 aromatic carbocycles. The number of thiazole rings is 1. The number of aromatic nitrogens is 1. The fraction of sp³-hybridized carbons (Fsp3) is 0.667. The number of aldehydes is 1. The first kappa shape index (κ1) is 12.5. The van der Waals surface area contributed by atoms with Gasteiger partial charge in [-0.3, -0.25) is 4.79 Å². The van der Waals surface area contributed by atoms with Crippen molar-refractivity contribution in [2.75, 3.05) is 19.1 Å². The highest BCUT2D eigenvalue weighted by Crippen LogP contribution is 2.31. The Hall–Kier alpha value is -0.940. The van der Waals surface area contributed by atoms with Gasteiger partial charge < -0.3 is 9.64 Å². The largest absolute Gasteiger partial charge is 0.378 e. The summed E-state index contributed by atoms with van der Waals surface area (Å²) in [6, 6.07) is 0.580.